The standard InChI is InChI=1S/C15H20ClN3O2/c1-21-15(20)11-5-6-12(18-14(17)10-16)13(9-11)19-7-3-2-4-8-19/h5-6,9H,2-4,7-8,10H2,1H3,(H2,17,18). The molecule has 0 amide bonds. The predicted molar refractivity (Wildman–Crippen MR) is 85.8 cm³/mol. The molecule has 0 atom stereocenters. The second-order valence-corrected chi connectivity index (χ2v) is 5.25. The van der Waals surface area contributed by atoms with Crippen molar-refractivity contribution in [3.05, 3.63) is 23.8 Å². The first-order valence-electron chi connectivity index (χ1n) is 7.02. The summed E-state index contributed by atoms with van der Waals surface area (Å²) >= 11 is 5.70. The third-order valence-electron chi connectivity index (χ3n) is 3.49. The molecule has 0 aromatic heterocycles. The summed E-state index contributed by atoms with van der Waals surface area (Å²) in [5, 5.41) is 0. The first-order valence-corrected chi connectivity index (χ1v) is 7.55. The molecule has 21 heavy (non-hydrogen) atoms. The van der Waals surface area contributed by atoms with E-state index >= 15 is 0 Å². The molecular formula is C15H20ClN3O2. The summed E-state index contributed by atoms with van der Waals surface area (Å²) < 4.78 is 4.78. The maximum Gasteiger partial charge on any atom is 0.337 e. The van der Waals surface area contributed by atoms with E-state index in [2.05, 4.69) is 9.89 Å². The molecule has 0 aliphatic carbocycles. The van der Waals surface area contributed by atoms with E-state index in [4.69, 9.17) is 22.1 Å². The predicted octanol–water partition coefficient (Wildman–Crippen LogP) is 2.69. The lowest BCUT2D eigenvalue weighted by atomic mass is 10.1. The third-order valence-corrected chi connectivity index (χ3v) is 3.77. The van der Waals surface area contributed by atoms with Crippen molar-refractivity contribution in [2.75, 3.05) is 31.0 Å². The maximum atomic E-state index is 11.7. The Balaban J connectivity index is 2.41. The molecule has 6 heteroatoms. The highest BCUT2D eigenvalue weighted by molar-refractivity contribution is 6.28. The fourth-order valence-electron chi connectivity index (χ4n) is 2.44. The number of hydrogen-bond acceptors (Lipinski definition) is 4. The van der Waals surface area contributed by atoms with Gasteiger partial charge in [-0.3, -0.25) is 0 Å². The maximum absolute atomic E-state index is 11.7. The zero-order valence-corrected chi connectivity index (χ0v) is 12.9. The molecule has 2 rings (SSSR count). The van der Waals surface area contributed by atoms with Crippen LogP contribution >= 0.6 is 11.6 Å². The average Bonchev–Trinajstić information content (AvgIpc) is 2.55. The summed E-state index contributed by atoms with van der Waals surface area (Å²) in [5.74, 6) is 0.188. The number of alkyl halides is 1. The molecule has 1 saturated heterocycles. The van der Waals surface area contributed by atoms with Crippen molar-refractivity contribution >= 4 is 34.8 Å². The number of esters is 1. The minimum absolute atomic E-state index is 0.179. The van der Waals surface area contributed by atoms with E-state index in [0.29, 0.717) is 11.4 Å². The highest BCUT2D eigenvalue weighted by atomic mass is 35.5. The Bertz CT molecular complexity index is 540. The van der Waals surface area contributed by atoms with E-state index < -0.39 is 0 Å². The van der Waals surface area contributed by atoms with Crippen molar-refractivity contribution in [1.29, 1.82) is 0 Å². The number of ether oxygens (including phenoxy) is 1. The Morgan fingerprint density at radius 1 is 1.38 bits per heavy atom. The molecule has 0 bridgehead atoms. The first kappa shape index (κ1) is 15.6. The van der Waals surface area contributed by atoms with Gasteiger partial charge in [0.2, 0.25) is 0 Å². The van der Waals surface area contributed by atoms with Gasteiger partial charge in [0.05, 0.1) is 29.9 Å². The number of piperidine rings is 1. The SMILES string of the molecule is COC(=O)c1ccc(N=C(N)CCl)c(N2CCCCC2)c1. The molecular weight excluding hydrogens is 290 g/mol. The summed E-state index contributed by atoms with van der Waals surface area (Å²) in [6.07, 6.45) is 3.50. The summed E-state index contributed by atoms with van der Waals surface area (Å²) in [4.78, 5) is 18.3. The van der Waals surface area contributed by atoms with Crippen LogP contribution < -0.4 is 10.6 Å². The molecule has 0 spiro atoms. The van der Waals surface area contributed by atoms with E-state index in [1.807, 2.05) is 6.07 Å². The summed E-state index contributed by atoms with van der Waals surface area (Å²) in [5.41, 5.74) is 7.90. The average molecular weight is 310 g/mol. The van der Waals surface area contributed by atoms with Crippen molar-refractivity contribution in [2.24, 2.45) is 10.7 Å². The van der Waals surface area contributed by atoms with E-state index in [-0.39, 0.29) is 11.8 Å². The lowest BCUT2D eigenvalue weighted by Crippen LogP contribution is -2.29. The minimum Gasteiger partial charge on any atom is -0.465 e. The van der Waals surface area contributed by atoms with Gasteiger partial charge in [-0.1, -0.05) is 0 Å². The molecule has 1 fully saturated rings. The van der Waals surface area contributed by atoms with Crippen LogP contribution in [-0.4, -0.2) is 37.9 Å². The molecule has 0 unspecified atom stereocenters. The minimum atomic E-state index is -0.353. The van der Waals surface area contributed by atoms with Crippen LogP contribution in [0.15, 0.2) is 23.2 Å². The molecule has 114 valence electrons. The molecule has 1 aromatic rings. The van der Waals surface area contributed by atoms with Crippen LogP contribution in [0.4, 0.5) is 11.4 Å². The Labute approximate surface area is 129 Å². The second-order valence-electron chi connectivity index (χ2n) is 4.98. The third kappa shape index (κ3) is 3.88. The monoisotopic (exact) mass is 309 g/mol. The van der Waals surface area contributed by atoms with Gasteiger partial charge < -0.3 is 15.4 Å². The zero-order valence-electron chi connectivity index (χ0n) is 12.1. The largest absolute Gasteiger partial charge is 0.465 e. The van der Waals surface area contributed by atoms with Crippen molar-refractivity contribution in [3.63, 3.8) is 0 Å². The number of aliphatic imine (C=N–C) groups is 1. The number of halogens is 1. The fourth-order valence-corrected chi connectivity index (χ4v) is 2.50. The smallest absolute Gasteiger partial charge is 0.337 e. The Morgan fingerprint density at radius 3 is 2.71 bits per heavy atom. The number of nitrogens with two attached hydrogens (primary N) is 1. The number of carbonyl (C=O) groups excluding carboxylic acids is 1. The van der Waals surface area contributed by atoms with Gasteiger partial charge in [-0.15, -0.1) is 11.6 Å². The highest BCUT2D eigenvalue weighted by Gasteiger charge is 2.17. The van der Waals surface area contributed by atoms with E-state index in [1.165, 1.54) is 13.5 Å². The summed E-state index contributed by atoms with van der Waals surface area (Å²) in [7, 11) is 1.38. The van der Waals surface area contributed by atoms with E-state index in [9.17, 15) is 4.79 Å². The second kappa shape index (κ2) is 7.31. The van der Waals surface area contributed by atoms with Gasteiger partial charge in [-0.25, -0.2) is 9.79 Å². The van der Waals surface area contributed by atoms with Crippen molar-refractivity contribution < 1.29 is 9.53 Å². The molecule has 2 N–H and O–H groups in total. The van der Waals surface area contributed by atoms with E-state index in [1.54, 1.807) is 12.1 Å². The normalized spacial score (nSPS) is 15.9. The molecule has 1 aliphatic rings. The number of rotatable bonds is 4. The Hall–Kier alpha value is -1.75. The van der Waals surface area contributed by atoms with E-state index in [0.717, 1.165) is 37.3 Å². The molecule has 0 saturated carbocycles. The van der Waals surface area contributed by atoms with Gasteiger partial charge in [0.25, 0.3) is 0 Å². The van der Waals surface area contributed by atoms with Gasteiger partial charge in [0.15, 0.2) is 0 Å². The van der Waals surface area contributed by atoms with Crippen LogP contribution in [0.1, 0.15) is 29.6 Å². The number of hydrogen-bond donors (Lipinski definition) is 1. The summed E-state index contributed by atoms with van der Waals surface area (Å²) in [6, 6.07) is 5.30. The Kier molecular flexibility index (Phi) is 5.44. The lowest BCUT2D eigenvalue weighted by Gasteiger charge is -2.30. The van der Waals surface area contributed by atoms with Gasteiger partial charge >= 0.3 is 5.97 Å². The number of benzene rings is 1. The van der Waals surface area contributed by atoms with Crippen molar-refractivity contribution in [2.45, 2.75) is 19.3 Å². The quantitative estimate of drug-likeness (QED) is 0.402. The van der Waals surface area contributed by atoms with Crippen LogP contribution in [-0.2, 0) is 4.74 Å². The Morgan fingerprint density at radius 2 is 2.10 bits per heavy atom. The number of methoxy groups -OCH3 is 1. The van der Waals surface area contributed by atoms with Gasteiger partial charge in [0, 0.05) is 13.1 Å². The number of nitrogens with zero attached hydrogens (tertiary/aromatic N) is 2. The van der Waals surface area contributed by atoms with Crippen LogP contribution in [0.3, 0.4) is 0 Å². The zero-order chi connectivity index (χ0) is 15.2. The van der Waals surface area contributed by atoms with Gasteiger partial charge in [-0.2, -0.15) is 0 Å². The molecule has 1 heterocycles. The van der Waals surface area contributed by atoms with Crippen LogP contribution in [0.5, 0.6) is 0 Å². The lowest BCUT2D eigenvalue weighted by molar-refractivity contribution is 0.0601. The molecule has 1 aromatic carbocycles. The topological polar surface area (TPSA) is 67.9 Å². The van der Waals surface area contributed by atoms with Crippen LogP contribution in [0.25, 0.3) is 0 Å². The van der Waals surface area contributed by atoms with Crippen LogP contribution in [0.2, 0.25) is 0 Å². The number of anilines is 1. The molecule has 0 radical (unpaired) electrons. The summed E-state index contributed by atoms with van der Waals surface area (Å²) in [6.45, 7) is 1.90. The van der Waals surface area contributed by atoms with Crippen molar-refractivity contribution in [1.82, 2.24) is 0 Å². The highest BCUT2D eigenvalue weighted by Crippen LogP contribution is 2.32. The molecule has 5 nitrogen and oxygen atoms in total. The van der Waals surface area contributed by atoms with Gasteiger partial charge in [0.1, 0.15) is 5.84 Å². The first-order chi connectivity index (χ1) is 10.2. The molecule has 1 aliphatic heterocycles. The fraction of sp³-hybridized carbons (Fsp3) is 0.467. The number of amidine groups is 1. The van der Waals surface area contributed by atoms with Crippen molar-refractivity contribution in [3.8, 4) is 0 Å². The van der Waals surface area contributed by atoms with Gasteiger partial charge in [-0.05, 0) is 37.5 Å². The van der Waals surface area contributed by atoms with Crippen LogP contribution in [0, 0.1) is 0 Å². The number of carbonyl (C=O) groups is 1.